The molecule has 0 unspecified atom stereocenters. The highest BCUT2D eigenvalue weighted by molar-refractivity contribution is 7.88. The molecular formula is C4H8NO4S-. The summed E-state index contributed by atoms with van der Waals surface area (Å²) in [5, 5.41) is 10.0. The van der Waals surface area contributed by atoms with E-state index in [1.807, 2.05) is 0 Å². The van der Waals surface area contributed by atoms with E-state index in [1.165, 1.54) is 6.92 Å². The lowest BCUT2D eigenvalue weighted by molar-refractivity contribution is -0.259. The van der Waals surface area contributed by atoms with Gasteiger partial charge in [-0.1, -0.05) is 0 Å². The first-order chi connectivity index (χ1) is 4.39. The van der Waals surface area contributed by atoms with Gasteiger partial charge in [0.1, 0.15) is 0 Å². The zero-order valence-corrected chi connectivity index (χ0v) is 6.51. The molecule has 0 spiro atoms. The summed E-state index contributed by atoms with van der Waals surface area (Å²) in [4.78, 5) is 10.0. The minimum absolute atomic E-state index is 0.110. The van der Waals surface area contributed by atoms with Gasteiger partial charge in [-0.2, -0.15) is 0 Å². The zero-order chi connectivity index (χ0) is 8.36. The van der Waals surface area contributed by atoms with Crippen LogP contribution in [0.15, 0.2) is 0 Å². The van der Waals surface area contributed by atoms with Gasteiger partial charge in [-0.05, 0) is 6.92 Å². The lowest BCUT2D eigenvalue weighted by Gasteiger charge is -2.19. The molecule has 60 valence electrons. The quantitative estimate of drug-likeness (QED) is 0.506. The van der Waals surface area contributed by atoms with Gasteiger partial charge in [0.2, 0.25) is 10.0 Å². The largest absolute Gasteiger partial charge is 0.529 e. The average Bonchev–Trinajstić information content (AvgIpc) is 1.60. The fourth-order valence-electron chi connectivity index (χ4n) is 0.499. The van der Waals surface area contributed by atoms with Crippen LogP contribution in [-0.2, 0) is 10.0 Å². The average molecular weight is 166 g/mol. The summed E-state index contributed by atoms with van der Waals surface area (Å²) in [6.45, 7) is 1.30. The van der Waals surface area contributed by atoms with Gasteiger partial charge in [0.05, 0.1) is 6.26 Å². The van der Waals surface area contributed by atoms with E-state index in [0.29, 0.717) is 0 Å². The maximum atomic E-state index is 10.5. The van der Waals surface area contributed by atoms with Crippen LogP contribution in [0.3, 0.4) is 0 Å². The molecule has 1 amide bonds. The van der Waals surface area contributed by atoms with Crippen molar-refractivity contribution in [1.82, 2.24) is 4.31 Å². The van der Waals surface area contributed by atoms with Crippen molar-refractivity contribution in [3.8, 4) is 0 Å². The van der Waals surface area contributed by atoms with E-state index in [-0.39, 0.29) is 10.8 Å². The topological polar surface area (TPSA) is 77.5 Å². The molecule has 0 N–H and O–H groups in total. The van der Waals surface area contributed by atoms with Crippen molar-refractivity contribution in [2.24, 2.45) is 0 Å². The van der Waals surface area contributed by atoms with Gasteiger partial charge in [-0.25, -0.2) is 8.42 Å². The van der Waals surface area contributed by atoms with Gasteiger partial charge >= 0.3 is 0 Å². The van der Waals surface area contributed by atoms with E-state index in [1.54, 1.807) is 0 Å². The summed E-state index contributed by atoms with van der Waals surface area (Å²) >= 11 is 0. The number of hydrogen-bond acceptors (Lipinski definition) is 4. The third kappa shape index (κ3) is 2.22. The monoisotopic (exact) mass is 166 g/mol. The third-order valence-corrected chi connectivity index (χ3v) is 2.10. The van der Waals surface area contributed by atoms with Gasteiger partial charge in [0.15, 0.2) is 6.09 Å². The van der Waals surface area contributed by atoms with E-state index < -0.39 is 16.1 Å². The number of rotatable bonds is 2. The fourth-order valence-corrected chi connectivity index (χ4v) is 1.24. The minimum atomic E-state index is -3.64. The maximum absolute atomic E-state index is 10.5. The van der Waals surface area contributed by atoms with Crippen LogP contribution >= 0.6 is 0 Å². The Morgan fingerprint density at radius 1 is 1.60 bits per heavy atom. The van der Waals surface area contributed by atoms with E-state index in [2.05, 4.69) is 0 Å². The number of nitrogens with zero attached hydrogens (tertiary/aromatic N) is 1. The van der Waals surface area contributed by atoms with E-state index in [9.17, 15) is 18.3 Å². The summed E-state index contributed by atoms with van der Waals surface area (Å²) in [5.74, 6) is 0. The highest BCUT2D eigenvalue weighted by Gasteiger charge is 2.12. The first-order valence-electron chi connectivity index (χ1n) is 2.58. The molecule has 0 rings (SSSR count). The Balaban J connectivity index is 4.55. The highest BCUT2D eigenvalue weighted by Crippen LogP contribution is 1.94. The summed E-state index contributed by atoms with van der Waals surface area (Å²) in [7, 11) is -3.64. The molecule has 0 aromatic rings. The Morgan fingerprint density at radius 3 is 2.00 bits per heavy atom. The first-order valence-corrected chi connectivity index (χ1v) is 4.43. The molecule has 0 saturated carbocycles. The van der Waals surface area contributed by atoms with Crippen LogP contribution in [0.2, 0.25) is 0 Å². The Morgan fingerprint density at radius 2 is 2.00 bits per heavy atom. The number of amides is 1. The second-order valence-electron chi connectivity index (χ2n) is 1.69. The zero-order valence-electron chi connectivity index (χ0n) is 5.70. The molecule has 10 heavy (non-hydrogen) atoms. The van der Waals surface area contributed by atoms with Crippen molar-refractivity contribution in [3.05, 3.63) is 0 Å². The normalized spacial score (nSPS) is 11.0. The number of carboxylic acid groups (broad SMARTS) is 1. The molecule has 5 nitrogen and oxygen atoms in total. The molecule has 0 aliphatic heterocycles. The van der Waals surface area contributed by atoms with Crippen molar-refractivity contribution in [2.45, 2.75) is 6.92 Å². The van der Waals surface area contributed by atoms with Gasteiger partial charge in [-0.3, -0.25) is 4.31 Å². The minimum Gasteiger partial charge on any atom is -0.529 e. The number of carbonyl (C=O) groups is 1. The van der Waals surface area contributed by atoms with Crippen LogP contribution < -0.4 is 5.11 Å². The summed E-state index contributed by atoms with van der Waals surface area (Å²) in [6, 6.07) is 0. The highest BCUT2D eigenvalue weighted by atomic mass is 32.2. The second kappa shape index (κ2) is 2.87. The molecule has 0 atom stereocenters. The standard InChI is InChI=1S/C4H9NO4S/c1-3-5(4(6)7)10(2,8)9/h3H2,1-2H3,(H,6,7)/p-1. The third-order valence-electron chi connectivity index (χ3n) is 0.891. The lowest BCUT2D eigenvalue weighted by atomic mass is 10.8. The molecule has 0 saturated heterocycles. The molecule has 0 aliphatic carbocycles. The maximum Gasteiger partial charge on any atom is 0.233 e. The Hall–Kier alpha value is -0.780. The number of sulfonamides is 1. The molecule has 0 aliphatic rings. The SMILES string of the molecule is CCN(C(=O)[O-])S(C)(=O)=O. The Labute approximate surface area is 59.3 Å². The van der Waals surface area contributed by atoms with Gasteiger partial charge in [0, 0.05) is 6.54 Å². The van der Waals surface area contributed by atoms with Crippen LogP contribution in [0.25, 0.3) is 0 Å². The van der Waals surface area contributed by atoms with E-state index in [4.69, 9.17) is 0 Å². The van der Waals surface area contributed by atoms with Crippen molar-refractivity contribution >= 4 is 16.1 Å². The molecular weight excluding hydrogens is 158 g/mol. The first kappa shape index (κ1) is 9.22. The van der Waals surface area contributed by atoms with Crippen molar-refractivity contribution in [3.63, 3.8) is 0 Å². The Bertz CT molecular complexity index is 219. The number of carbonyl (C=O) groups excluding carboxylic acids is 1. The second-order valence-corrected chi connectivity index (χ2v) is 3.60. The van der Waals surface area contributed by atoms with Crippen molar-refractivity contribution in [2.75, 3.05) is 12.8 Å². The van der Waals surface area contributed by atoms with Gasteiger partial charge in [0.25, 0.3) is 0 Å². The smallest absolute Gasteiger partial charge is 0.233 e. The summed E-state index contributed by atoms with van der Waals surface area (Å²) in [6.07, 6.45) is -0.878. The van der Waals surface area contributed by atoms with Crippen molar-refractivity contribution < 1.29 is 18.3 Å². The molecule has 6 heteroatoms. The van der Waals surface area contributed by atoms with Crippen LogP contribution in [0.1, 0.15) is 6.92 Å². The fraction of sp³-hybridized carbons (Fsp3) is 0.750. The lowest BCUT2D eigenvalue weighted by Crippen LogP contribution is -2.44. The predicted molar refractivity (Wildman–Crippen MR) is 32.6 cm³/mol. The van der Waals surface area contributed by atoms with Crippen LogP contribution in [0, 0.1) is 0 Å². The molecule has 0 radical (unpaired) electrons. The predicted octanol–water partition coefficient (Wildman–Crippen LogP) is -1.39. The van der Waals surface area contributed by atoms with Gasteiger partial charge < -0.3 is 9.90 Å². The molecule has 0 aromatic carbocycles. The van der Waals surface area contributed by atoms with Crippen LogP contribution in [-0.4, -0.2) is 31.6 Å². The van der Waals surface area contributed by atoms with Crippen LogP contribution in [0.5, 0.6) is 0 Å². The molecule has 0 fully saturated rings. The Kier molecular flexibility index (Phi) is 2.65. The summed E-state index contributed by atoms with van der Waals surface area (Å²) in [5.41, 5.74) is 0. The van der Waals surface area contributed by atoms with Gasteiger partial charge in [-0.15, -0.1) is 0 Å². The summed E-state index contributed by atoms with van der Waals surface area (Å²) < 4.78 is 21.3. The van der Waals surface area contributed by atoms with E-state index >= 15 is 0 Å². The number of hydrogen-bond donors (Lipinski definition) is 0. The van der Waals surface area contributed by atoms with Crippen molar-refractivity contribution in [1.29, 1.82) is 0 Å². The molecule has 0 heterocycles. The van der Waals surface area contributed by atoms with Crippen LogP contribution in [0.4, 0.5) is 4.79 Å². The van der Waals surface area contributed by atoms with E-state index in [0.717, 1.165) is 6.26 Å². The molecule has 0 bridgehead atoms. The molecule has 0 aromatic heterocycles.